The fourth-order valence-corrected chi connectivity index (χ4v) is 13.3. The van der Waals surface area contributed by atoms with E-state index < -0.39 is 28.5 Å². The predicted molar refractivity (Wildman–Crippen MR) is 176 cm³/mol. The van der Waals surface area contributed by atoms with Gasteiger partial charge in [-0.25, -0.2) is 0 Å². The quantitative estimate of drug-likeness (QED) is 0.133. The van der Waals surface area contributed by atoms with Gasteiger partial charge in [0.1, 0.15) is 0 Å². The van der Waals surface area contributed by atoms with E-state index in [0.717, 1.165) is 21.4 Å². The van der Waals surface area contributed by atoms with Gasteiger partial charge in [-0.1, -0.05) is 65.7 Å². The van der Waals surface area contributed by atoms with Crippen LogP contribution in [-0.4, -0.2) is 37.0 Å². The first-order chi connectivity index (χ1) is 19.8. The molecule has 0 saturated heterocycles. The number of nitrogens with two attached hydrogens (primary N) is 1. The Morgan fingerprint density at radius 3 is 1.54 bits per heavy atom. The van der Waals surface area contributed by atoms with Crippen LogP contribution in [0.3, 0.4) is 0 Å². The molecule has 3 saturated carbocycles. The van der Waals surface area contributed by atoms with Crippen molar-refractivity contribution in [2.24, 2.45) is 0 Å². The molecule has 5 rings (SSSR count). The maximum atomic E-state index is 11.1. The smallest absolute Gasteiger partial charge is 0.0967 e. The molecule has 0 aliphatic heterocycles. The summed E-state index contributed by atoms with van der Waals surface area (Å²) in [7, 11) is -3.06. The van der Waals surface area contributed by atoms with Crippen molar-refractivity contribution in [3.8, 4) is 11.1 Å². The molecule has 234 valence electrons. The second-order valence-corrected chi connectivity index (χ2v) is 18.6. The van der Waals surface area contributed by atoms with E-state index in [9.17, 15) is 8.42 Å². The minimum atomic E-state index is -3.44. The molecule has 2 N–H and O–H groups in total. The van der Waals surface area contributed by atoms with Gasteiger partial charge < -0.3 is 0 Å². The van der Waals surface area contributed by atoms with Crippen molar-refractivity contribution in [2.45, 2.75) is 113 Å². The normalized spacial score (nSPS) is 19.2. The zero-order valence-corrected chi connectivity index (χ0v) is 29.2. The van der Waals surface area contributed by atoms with Gasteiger partial charge in [0.2, 0.25) is 0 Å². The van der Waals surface area contributed by atoms with Crippen LogP contribution >= 0.6 is 31.1 Å². The number of hydrogen-bond acceptors (Lipinski definition) is 4. The van der Waals surface area contributed by atoms with Crippen LogP contribution in [0.1, 0.15) is 96.3 Å². The fourth-order valence-electron chi connectivity index (χ4n) is 6.57. The Balaban J connectivity index is 0.000000206. The van der Waals surface area contributed by atoms with E-state index in [1.54, 1.807) is 77.0 Å². The van der Waals surface area contributed by atoms with E-state index in [1.807, 2.05) is 48.5 Å². The summed E-state index contributed by atoms with van der Waals surface area (Å²) in [5, 5.41) is 0.194. The van der Waals surface area contributed by atoms with Gasteiger partial charge in [-0.3, -0.25) is 0 Å². The zero-order valence-electron chi connectivity index (χ0n) is 24.4. The van der Waals surface area contributed by atoms with E-state index >= 15 is 0 Å². The molecular weight excluding hydrogens is 687 g/mol. The Hall–Kier alpha value is -0.178. The van der Waals surface area contributed by atoms with Crippen LogP contribution < -0.4 is 9.77 Å². The molecule has 9 heteroatoms. The molecular formula is C32H48Cl2NO3PPdS. The first-order valence-corrected chi connectivity index (χ1v) is 21.0. The maximum absolute atomic E-state index is 11.1. The van der Waals surface area contributed by atoms with Crippen LogP contribution in [0.5, 0.6) is 0 Å². The Bertz CT molecular complexity index is 1080. The summed E-state index contributed by atoms with van der Waals surface area (Å²) in [5.41, 5.74) is 12.0. The number of hydrogen-bond donors (Lipinski definition) is 1. The topological polar surface area (TPSA) is 69.4 Å². The molecule has 2 aromatic rings. The van der Waals surface area contributed by atoms with Crippen molar-refractivity contribution in [3.63, 3.8) is 0 Å². The molecule has 3 fully saturated rings. The number of para-hydroxylation sites is 1. The molecule has 0 aromatic heterocycles. The van der Waals surface area contributed by atoms with Gasteiger partial charge in [0.15, 0.2) is 0 Å². The number of rotatable bonds is 7. The third-order valence-electron chi connectivity index (χ3n) is 8.28. The summed E-state index contributed by atoms with van der Waals surface area (Å²) < 4.78 is 27.9. The first kappa shape index (κ1) is 35.3. The molecule has 0 radical (unpaired) electrons. The van der Waals surface area contributed by atoms with E-state index in [4.69, 9.17) is 31.8 Å². The minimum Gasteiger partial charge on any atom is -0.109 e. The molecule has 0 heterocycles. The average Bonchev–Trinajstić information content (AvgIpc) is 2.99. The molecule has 4 nitrogen and oxygen atoms in total. The van der Waals surface area contributed by atoms with Gasteiger partial charge >= 0.3 is 121 Å². The zero-order chi connectivity index (χ0) is 29.5. The van der Waals surface area contributed by atoms with Crippen molar-refractivity contribution < 1.29 is 29.7 Å². The molecule has 0 unspecified atom stereocenters. The van der Waals surface area contributed by atoms with Crippen molar-refractivity contribution in [1.29, 1.82) is 0 Å². The van der Waals surface area contributed by atoms with Crippen molar-refractivity contribution in [2.75, 3.05) is 17.3 Å². The Morgan fingerprint density at radius 2 is 1.12 bits per heavy atom. The van der Waals surface area contributed by atoms with Gasteiger partial charge in [0, 0.05) is 0 Å². The van der Waals surface area contributed by atoms with Crippen molar-refractivity contribution in [3.05, 3.63) is 48.5 Å². The molecule has 0 spiro atoms. The van der Waals surface area contributed by atoms with Crippen LogP contribution in [-0.2, 0) is 31.4 Å². The van der Waals surface area contributed by atoms with E-state index in [-0.39, 0.29) is 5.34 Å². The van der Waals surface area contributed by atoms with Gasteiger partial charge in [-0.05, 0) is 55.5 Å². The first-order valence-electron chi connectivity index (χ1n) is 15.1. The van der Waals surface area contributed by atoms with Crippen molar-refractivity contribution in [1.82, 2.24) is 0 Å². The van der Waals surface area contributed by atoms with Crippen molar-refractivity contribution >= 4 is 51.0 Å². The van der Waals surface area contributed by atoms with Gasteiger partial charge in [-0.2, -0.15) is 0 Å². The van der Waals surface area contributed by atoms with Gasteiger partial charge in [-0.15, -0.1) is 23.2 Å². The number of benzene rings is 2. The van der Waals surface area contributed by atoms with E-state index in [1.165, 1.54) is 36.2 Å². The Morgan fingerprint density at radius 1 is 0.732 bits per heavy atom. The predicted octanol–water partition coefficient (Wildman–Crippen LogP) is 9.42. The summed E-state index contributed by atoms with van der Waals surface area (Å²) in [6.45, 7) is 0. The van der Waals surface area contributed by atoms with Crippen LogP contribution in [0.15, 0.2) is 48.5 Å². The van der Waals surface area contributed by atoms with Crippen LogP contribution in [0.2, 0.25) is 0 Å². The number of halogens is 2. The molecule has 3 aliphatic carbocycles. The van der Waals surface area contributed by atoms with Crippen LogP contribution in [0.25, 0.3) is 11.1 Å². The maximum Gasteiger partial charge on any atom is 0.0967 e. The molecule has 0 atom stereocenters. The summed E-state index contributed by atoms with van der Waals surface area (Å²) in [4.78, 5) is 0. The number of nitrogen functional groups attached to an aromatic ring is 1. The summed E-state index contributed by atoms with van der Waals surface area (Å²) in [5.74, 6) is 0. The van der Waals surface area contributed by atoms with E-state index in [0.29, 0.717) is 13.6 Å². The molecule has 41 heavy (non-hydrogen) atoms. The average molecular weight is 735 g/mol. The minimum absolute atomic E-state index is 0.194. The second kappa shape index (κ2) is 19.3. The molecule has 3 aliphatic rings. The van der Waals surface area contributed by atoms with Crippen LogP contribution in [0.4, 0.5) is 5.69 Å². The largest absolute Gasteiger partial charge is 0.109 e. The number of alkyl halides is 2. The second-order valence-electron chi connectivity index (χ2n) is 11.3. The summed E-state index contributed by atoms with van der Waals surface area (Å²) in [6.07, 6.45) is 24.7. The molecule has 0 bridgehead atoms. The van der Waals surface area contributed by atoms with Gasteiger partial charge in [0.05, 0.1) is 5.34 Å². The summed E-state index contributed by atoms with van der Waals surface area (Å²) >= 11 is 9.04. The number of anilines is 1. The molecule has 0 amide bonds. The molecule has 2 aromatic carbocycles. The fraction of sp³-hybridized carbons (Fsp3) is 0.625. The van der Waals surface area contributed by atoms with Crippen LogP contribution in [0, 0.1) is 0 Å². The van der Waals surface area contributed by atoms with Gasteiger partial charge in [0.25, 0.3) is 0 Å². The summed E-state index contributed by atoms with van der Waals surface area (Å²) in [6, 6.07) is 15.0. The standard InChI is InChI=1S/C18H33P.C12H10N.CH2Cl2.CH4O3S.Pd/c1-4-10-16(11-5-1)19(17-12-6-2-7-13-17)18-14-8-3-9-15-18;13-12-9-5-4-8-11(12)10-6-2-1-3-7-10;2-1-3;1-5(2,3)4;/h16-18H,1-15H2;1-6,8-9H,13H2;1H2;1H3,(H,2,3,4);/q;;;;+1/p-1. The monoisotopic (exact) mass is 733 g/mol. The Kier molecular flexibility index (Phi) is 16.6. The Labute approximate surface area is 269 Å². The van der Waals surface area contributed by atoms with E-state index in [2.05, 4.69) is 0 Å². The SMILES string of the molecule is C1CCC(P(C2CCCCC2)C2CCCCC2)CC1.CS(=O)(=O)[O][Pd][c]1ccccc1-c1ccccc1N.ClCCl. The third kappa shape index (κ3) is 12.4. The third-order valence-corrected chi connectivity index (χ3v) is 15.4.